The average molecular weight is 284 g/mol. The normalized spacial score (nSPS) is 10.6. The zero-order chi connectivity index (χ0) is 15.1. The summed E-state index contributed by atoms with van der Waals surface area (Å²) in [5, 5.41) is 0. The van der Waals surface area contributed by atoms with Crippen molar-refractivity contribution in [3.63, 3.8) is 0 Å². The highest BCUT2D eigenvalue weighted by Crippen LogP contribution is 2.18. The second kappa shape index (κ2) is 7.55. The molecule has 0 amide bonds. The van der Waals surface area contributed by atoms with Crippen molar-refractivity contribution in [1.29, 1.82) is 0 Å². The number of benzene rings is 1. The van der Waals surface area contributed by atoms with Crippen molar-refractivity contribution >= 4 is 5.78 Å². The number of rotatable bonds is 7. The smallest absolute Gasteiger partial charge is 0.180 e. The third-order valence-electron chi connectivity index (χ3n) is 3.33. The lowest BCUT2D eigenvalue weighted by molar-refractivity contribution is 0.0926. The SMILES string of the molecule is CCN(CC(=O)c1ccccc1OC)Cc1ccccn1. The van der Waals surface area contributed by atoms with Gasteiger partial charge in [0.15, 0.2) is 5.78 Å². The Balaban J connectivity index is 2.06. The molecule has 2 rings (SSSR count). The van der Waals surface area contributed by atoms with E-state index in [1.165, 1.54) is 0 Å². The van der Waals surface area contributed by atoms with E-state index in [-0.39, 0.29) is 5.78 Å². The number of pyridine rings is 1. The molecule has 0 aliphatic rings. The van der Waals surface area contributed by atoms with E-state index in [0.29, 0.717) is 24.4 Å². The van der Waals surface area contributed by atoms with E-state index in [4.69, 9.17) is 4.74 Å². The first kappa shape index (κ1) is 15.2. The topological polar surface area (TPSA) is 42.4 Å². The van der Waals surface area contributed by atoms with E-state index in [9.17, 15) is 4.79 Å². The molecule has 0 aliphatic carbocycles. The van der Waals surface area contributed by atoms with Crippen LogP contribution in [0.4, 0.5) is 0 Å². The molecule has 21 heavy (non-hydrogen) atoms. The first-order valence-electron chi connectivity index (χ1n) is 7.03. The molecular formula is C17H20N2O2. The van der Waals surface area contributed by atoms with Crippen LogP contribution >= 0.6 is 0 Å². The average Bonchev–Trinajstić information content (AvgIpc) is 2.55. The number of methoxy groups -OCH3 is 1. The maximum absolute atomic E-state index is 12.4. The highest BCUT2D eigenvalue weighted by molar-refractivity contribution is 6.00. The molecule has 1 heterocycles. The summed E-state index contributed by atoms with van der Waals surface area (Å²) in [6.45, 7) is 3.85. The van der Waals surface area contributed by atoms with Crippen molar-refractivity contribution in [3.05, 3.63) is 59.9 Å². The van der Waals surface area contributed by atoms with Gasteiger partial charge in [-0.15, -0.1) is 0 Å². The van der Waals surface area contributed by atoms with Crippen LogP contribution in [-0.4, -0.2) is 35.9 Å². The van der Waals surface area contributed by atoms with Crippen LogP contribution in [0.5, 0.6) is 5.75 Å². The molecular weight excluding hydrogens is 264 g/mol. The van der Waals surface area contributed by atoms with Crippen LogP contribution in [0, 0.1) is 0 Å². The number of ether oxygens (including phenoxy) is 1. The number of carbonyl (C=O) groups excluding carboxylic acids is 1. The molecule has 0 saturated carbocycles. The summed E-state index contributed by atoms with van der Waals surface area (Å²) in [6, 6.07) is 13.1. The Bertz CT molecular complexity index is 584. The van der Waals surface area contributed by atoms with Gasteiger partial charge in [-0.1, -0.05) is 25.1 Å². The van der Waals surface area contributed by atoms with Gasteiger partial charge in [0.05, 0.1) is 24.9 Å². The van der Waals surface area contributed by atoms with Crippen molar-refractivity contribution in [3.8, 4) is 5.75 Å². The molecule has 0 spiro atoms. The van der Waals surface area contributed by atoms with Crippen molar-refractivity contribution in [1.82, 2.24) is 9.88 Å². The number of para-hydroxylation sites is 1. The van der Waals surface area contributed by atoms with Gasteiger partial charge in [-0.05, 0) is 30.8 Å². The minimum Gasteiger partial charge on any atom is -0.496 e. The number of likely N-dealkylation sites (N-methyl/N-ethyl adjacent to an activating group) is 1. The van der Waals surface area contributed by atoms with Crippen molar-refractivity contribution in [2.24, 2.45) is 0 Å². The zero-order valence-corrected chi connectivity index (χ0v) is 12.5. The number of aromatic nitrogens is 1. The first-order chi connectivity index (χ1) is 10.2. The standard InChI is InChI=1S/C17H20N2O2/c1-3-19(12-14-8-6-7-11-18-14)13-16(20)15-9-4-5-10-17(15)21-2/h4-11H,3,12-13H2,1-2H3. The number of carbonyl (C=O) groups is 1. The molecule has 4 heteroatoms. The number of nitrogens with zero attached hydrogens (tertiary/aromatic N) is 2. The molecule has 4 nitrogen and oxygen atoms in total. The highest BCUT2D eigenvalue weighted by Gasteiger charge is 2.15. The van der Waals surface area contributed by atoms with Crippen molar-refractivity contribution < 1.29 is 9.53 Å². The molecule has 0 unspecified atom stereocenters. The third kappa shape index (κ3) is 4.13. The van der Waals surface area contributed by atoms with Crippen LogP contribution in [0.3, 0.4) is 0 Å². The van der Waals surface area contributed by atoms with E-state index in [2.05, 4.69) is 9.88 Å². The lowest BCUT2D eigenvalue weighted by Gasteiger charge is -2.19. The molecule has 110 valence electrons. The van der Waals surface area contributed by atoms with Gasteiger partial charge in [-0.25, -0.2) is 0 Å². The molecule has 0 N–H and O–H groups in total. The Labute approximate surface area is 125 Å². The van der Waals surface area contributed by atoms with Crippen molar-refractivity contribution in [2.75, 3.05) is 20.2 Å². The quantitative estimate of drug-likeness (QED) is 0.733. The number of Topliss-reactive ketones (excluding diaryl/α,β-unsaturated/α-hetero) is 1. The predicted octanol–water partition coefficient (Wildman–Crippen LogP) is 2.80. The number of hydrogen-bond donors (Lipinski definition) is 0. The Morgan fingerprint density at radius 1 is 1.19 bits per heavy atom. The fourth-order valence-corrected chi connectivity index (χ4v) is 2.16. The van der Waals surface area contributed by atoms with Crippen LogP contribution in [0.25, 0.3) is 0 Å². The van der Waals surface area contributed by atoms with E-state index < -0.39 is 0 Å². The molecule has 2 aromatic rings. The van der Waals surface area contributed by atoms with Crippen LogP contribution in [0.1, 0.15) is 23.0 Å². The van der Waals surface area contributed by atoms with Gasteiger partial charge in [0.1, 0.15) is 5.75 Å². The monoisotopic (exact) mass is 284 g/mol. The Kier molecular flexibility index (Phi) is 5.46. The maximum Gasteiger partial charge on any atom is 0.180 e. The minimum atomic E-state index is 0.0604. The van der Waals surface area contributed by atoms with Crippen LogP contribution in [0.15, 0.2) is 48.7 Å². The Morgan fingerprint density at radius 2 is 1.95 bits per heavy atom. The van der Waals surface area contributed by atoms with Crippen LogP contribution in [0.2, 0.25) is 0 Å². The Hall–Kier alpha value is -2.20. The molecule has 0 radical (unpaired) electrons. The van der Waals surface area contributed by atoms with Gasteiger partial charge in [-0.2, -0.15) is 0 Å². The number of hydrogen-bond acceptors (Lipinski definition) is 4. The summed E-state index contributed by atoms with van der Waals surface area (Å²) < 4.78 is 5.25. The molecule has 0 bridgehead atoms. The second-order valence-corrected chi connectivity index (χ2v) is 4.75. The molecule has 0 fully saturated rings. The predicted molar refractivity (Wildman–Crippen MR) is 82.5 cm³/mol. The van der Waals surface area contributed by atoms with E-state index >= 15 is 0 Å². The van der Waals surface area contributed by atoms with E-state index in [0.717, 1.165) is 12.2 Å². The zero-order valence-electron chi connectivity index (χ0n) is 12.5. The summed E-state index contributed by atoms with van der Waals surface area (Å²) in [6.07, 6.45) is 1.77. The van der Waals surface area contributed by atoms with Gasteiger partial charge >= 0.3 is 0 Å². The minimum absolute atomic E-state index is 0.0604. The lowest BCUT2D eigenvalue weighted by atomic mass is 10.1. The van der Waals surface area contributed by atoms with Crippen molar-refractivity contribution in [2.45, 2.75) is 13.5 Å². The fourth-order valence-electron chi connectivity index (χ4n) is 2.16. The van der Waals surface area contributed by atoms with Crippen LogP contribution < -0.4 is 4.74 Å². The third-order valence-corrected chi connectivity index (χ3v) is 3.33. The second-order valence-electron chi connectivity index (χ2n) is 4.75. The van der Waals surface area contributed by atoms with Gasteiger partial charge < -0.3 is 4.74 Å². The summed E-state index contributed by atoms with van der Waals surface area (Å²) in [7, 11) is 1.58. The lowest BCUT2D eigenvalue weighted by Crippen LogP contribution is -2.29. The summed E-state index contributed by atoms with van der Waals surface area (Å²) in [5.41, 5.74) is 1.59. The molecule has 0 saturated heterocycles. The summed E-state index contributed by atoms with van der Waals surface area (Å²) >= 11 is 0. The summed E-state index contributed by atoms with van der Waals surface area (Å²) in [5.74, 6) is 0.682. The largest absolute Gasteiger partial charge is 0.496 e. The van der Waals surface area contributed by atoms with Gasteiger partial charge in [0, 0.05) is 12.7 Å². The highest BCUT2D eigenvalue weighted by atomic mass is 16.5. The maximum atomic E-state index is 12.4. The van der Waals surface area contributed by atoms with Gasteiger partial charge in [0.2, 0.25) is 0 Å². The van der Waals surface area contributed by atoms with Gasteiger partial charge in [-0.3, -0.25) is 14.7 Å². The van der Waals surface area contributed by atoms with Crippen LogP contribution in [-0.2, 0) is 6.54 Å². The molecule has 0 atom stereocenters. The fraction of sp³-hybridized carbons (Fsp3) is 0.294. The summed E-state index contributed by atoms with van der Waals surface area (Å²) in [4.78, 5) is 18.8. The molecule has 0 aliphatic heterocycles. The van der Waals surface area contributed by atoms with E-state index in [1.807, 2.05) is 43.3 Å². The Morgan fingerprint density at radius 3 is 2.62 bits per heavy atom. The molecule has 1 aromatic heterocycles. The first-order valence-corrected chi connectivity index (χ1v) is 7.03. The van der Waals surface area contributed by atoms with Gasteiger partial charge in [0.25, 0.3) is 0 Å². The number of ketones is 1. The molecule has 1 aromatic carbocycles. The van der Waals surface area contributed by atoms with E-state index in [1.54, 1.807) is 19.4 Å².